The molecule has 0 saturated carbocycles. The summed E-state index contributed by atoms with van der Waals surface area (Å²) in [6, 6.07) is 17.1. The smallest absolute Gasteiger partial charge is 0.445 e. The Balaban J connectivity index is 1.72. The van der Waals surface area contributed by atoms with Crippen molar-refractivity contribution in [2.45, 2.75) is 24.9 Å². The molecule has 1 saturated heterocycles. The Kier molecular flexibility index (Phi) is 8.22. The van der Waals surface area contributed by atoms with E-state index < -0.39 is 34.0 Å². The summed E-state index contributed by atoms with van der Waals surface area (Å²) in [5, 5.41) is 0.266. The van der Waals surface area contributed by atoms with E-state index in [1.165, 1.54) is 23.1 Å². The van der Waals surface area contributed by atoms with Crippen molar-refractivity contribution < 1.29 is 40.4 Å². The van der Waals surface area contributed by atoms with E-state index in [-0.39, 0.29) is 47.4 Å². The number of carbonyl (C=O) groups excluding carboxylic acids is 1. The number of nitrogens with zero attached hydrogens (tertiary/aromatic N) is 2. The third kappa shape index (κ3) is 6.70. The summed E-state index contributed by atoms with van der Waals surface area (Å²) in [4.78, 5) is 14.2. The van der Waals surface area contributed by atoms with Crippen molar-refractivity contribution in [2.24, 2.45) is 0 Å². The van der Waals surface area contributed by atoms with Gasteiger partial charge in [-0.05, 0) is 53.9 Å². The second kappa shape index (κ2) is 11.1. The molecule has 1 fully saturated rings. The first-order valence-corrected chi connectivity index (χ1v) is 13.5. The number of likely N-dealkylation sites (tertiary alicyclic amines) is 1. The molecular formula is C25H21Cl2F3N2O6S. The standard InChI is InChI=1S/C25H21Cl2F3N2O6S/c26-21-11-6-18(14-22(21)27)24(12-13-31(16-24)23(33)37-15-17-4-2-1-3-5-17)32(39(34,35)36)19-7-9-20(10-8-19)38-25(28,29)30/h1-11,14H,12-13,15-16H2,(H,34,35,36). The number of ether oxygens (including phenoxy) is 2. The monoisotopic (exact) mass is 604 g/mol. The van der Waals surface area contributed by atoms with Gasteiger partial charge in [-0.2, -0.15) is 8.42 Å². The molecular weight excluding hydrogens is 584 g/mol. The highest BCUT2D eigenvalue weighted by Crippen LogP contribution is 2.44. The minimum Gasteiger partial charge on any atom is -0.445 e. The predicted molar refractivity (Wildman–Crippen MR) is 138 cm³/mol. The van der Waals surface area contributed by atoms with Crippen molar-refractivity contribution in [3.8, 4) is 5.75 Å². The zero-order valence-electron chi connectivity index (χ0n) is 19.9. The number of rotatable bonds is 7. The number of anilines is 1. The van der Waals surface area contributed by atoms with Gasteiger partial charge >= 0.3 is 22.8 Å². The van der Waals surface area contributed by atoms with Gasteiger partial charge in [-0.1, -0.05) is 59.6 Å². The van der Waals surface area contributed by atoms with Crippen LogP contribution in [0.1, 0.15) is 17.5 Å². The Labute approximate surface area is 232 Å². The van der Waals surface area contributed by atoms with Crippen molar-refractivity contribution in [2.75, 3.05) is 17.4 Å². The van der Waals surface area contributed by atoms with Gasteiger partial charge in [0.2, 0.25) is 0 Å². The molecule has 1 N–H and O–H groups in total. The molecule has 1 heterocycles. The van der Waals surface area contributed by atoms with Gasteiger partial charge in [0.25, 0.3) is 0 Å². The van der Waals surface area contributed by atoms with E-state index >= 15 is 0 Å². The Morgan fingerprint density at radius 3 is 2.28 bits per heavy atom. The predicted octanol–water partition coefficient (Wildman–Crippen LogP) is 6.44. The highest BCUT2D eigenvalue weighted by atomic mass is 35.5. The van der Waals surface area contributed by atoms with Crippen LogP contribution >= 0.6 is 23.2 Å². The fraction of sp³-hybridized carbons (Fsp3) is 0.240. The topological polar surface area (TPSA) is 96.4 Å². The number of carbonyl (C=O) groups is 1. The van der Waals surface area contributed by atoms with Gasteiger partial charge in [0, 0.05) is 6.54 Å². The summed E-state index contributed by atoms with van der Waals surface area (Å²) in [6.45, 7) is -0.285. The van der Waals surface area contributed by atoms with Crippen LogP contribution in [0.4, 0.5) is 23.7 Å². The van der Waals surface area contributed by atoms with Crippen LogP contribution in [0.25, 0.3) is 0 Å². The van der Waals surface area contributed by atoms with Gasteiger partial charge in [-0.15, -0.1) is 13.2 Å². The maximum Gasteiger partial charge on any atom is 0.573 e. The molecule has 3 aromatic rings. The highest BCUT2D eigenvalue weighted by molar-refractivity contribution is 7.87. The van der Waals surface area contributed by atoms with Gasteiger partial charge in [0.15, 0.2) is 0 Å². The van der Waals surface area contributed by atoms with E-state index in [2.05, 4.69) is 4.74 Å². The average molecular weight is 605 g/mol. The van der Waals surface area contributed by atoms with E-state index in [1.54, 1.807) is 24.3 Å². The maximum atomic E-state index is 12.9. The van der Waals surface area contributed by atoms with Crippen LogP contribution in [0.15, 0.2) is 72.8 Å². The first-order valence-electron chi connectivity index (χ1n) is 11.3. The summed E-state index contributed by atoms with van der Waals surface area (Å²) in [5.41, 5.74) is -0.789. The Bertz CT molecular complexity index is 1440. The molecule has 0 aromatic heterocycles. The van der Waals surface area contributed by atoms with Crippen LogP contribution in [-0.4, -0.2) is 43.4 Å². The zero-order chi connectivity index (χ0) is 28.4. The SMILES string of the molecule is O=C(OCc1ccccc1)N1CCC(c2ccc(Cl)c(Cl)c2)(N(c2ccc(OC(F)(F)F)cc2)S(=O)(=O)O)C1. The Morgan fingerprint density at radius 2 is 1.69 bits per heavy atom. The van der Waals surface area contributed by atoms with Gasteiger partial charge in [0.05, 0.1) is 22.3 Å². The summed E-state index contributed by atoms with van der Waals surface area (Å²) in [7, 11) is -5.07. The second-order valence-corrected chi connectivity index (χ2v) is 10.7. The molecule has 0 bridgehead atoms. The maximum absolute atomic E-state index is 12.9. The molecule has 1 aliphatic heterocycles. The molecule has 1 amide bonds. The molecule has 1 atom stereocenters. The first kappa shape index (κ1) is 28.8. The minimum atomic E-state index is -5.07. The van der Waals surface area contributed by atoms with Gasteiger partial charge in [0.1, 0.15) is 17.9 Å². The van der Waals surface area contributed by atoms with E-state index in [0.717, 1.165) is 29.8 Å². The van der Waals surface area contributed by atoms with Crippen LogP contribution in [0.2, 0.25) is 10.0 Å². The summed E-state index contributed by atoms with van der Waals surface area (Å²) in [5.74, 6) is -0.595. The molecule has 3 aromatic carbocycles. The van der Waals surface area contributed by atoms with Gasteiger partial charge < -0.3 is 14.4 Å². The number of hydrogen-bond acceptors (Lipinski definition) is 5. The lowest BCUT2D eigenvalue weighted by Crippen LogP contribution is -2.52. The van der Waals surface area contributed by atoms with Crippen LogP contribution in [-0.2, 0) is 27.2 Å². The van der Waals surface area contributed by atoms with E-state index in [9.17, 15) is 30.9 Å². The van der Waals surface area contributed by atoms with Crippen molar-refractivity contribution in [3.05, 3.63) is 94.0 Å². The normalized spacial score (nSPS) is 17.6. The number of halogens is 5. The van der Waals surface area contributed by atoms with Crippen molar-refractivity contribution in [1.82, 2.24) is 4.90 Å². The average Bonchev–Trinajstić information content (AvgIpc) is 3.30. The molecule has 8 nitrogen and oxygen atoms in total. The third-order valence-corrected chi connectivity index (χ3v) is 7.85. The van der Waals surface area contributed by atoms with Crippen LogP contribution in [0, 0.1) is 0 Å². The lowest BCUT2D eigenvalue weighted by molar-refractivity contribution is -0.274. The molecule has 1 aliphatic rings. The van der Waals surface area contributed by atoms with E-state index in [1.807, 2.05) is 6.07 Å². The second-order valence-electron chi connectivity index (χ2n) is 8.66. The number of amides is 1. The largest absolute Gasteiger partial charge is 0.573 e. The summed E-state index contributed by atoms with van der Waals surface area (Å²) >= 11 is 12.3. The van der Waals surface area contributed by atoms with Crippen molar-refractivity contribution >= 4 is 45.3 Å². The zero-order valence-corrected chi connectivity index (χ0v) is 22.3. The molecule has 14 heteroatoms. The van der Waals surface area contributed by atoms with Crippen LogP contribution in [0.5, 0.6) is 5.75 Å². The Hall–Kier alpha value is -3.19. The molecule has 4 rings (SSSR count). The first-order chi connectivity index (χ1) is 18.3. The van der Waals surface area contributed by atoms with Gasteiger partial charge in [-0.25, -0.2) is 9.10 Å². The lowest BCUT2D eigenvalue weighted by atomic mass is 9.88. The molecule has 1 unspecified atom stereocenters. The summed E-state index contributed by atoms with van der Waals surface area (Å²) < 4.78 is 83.8. The van der Waals surface area contributed by atoms with Crippen LogP contribution in [0.3, 0.4) is 0 Å². The number of hydrogen-bond donors (Lipinski definition) is 1. The molecule has 208 valence electrons. The lowest BCUT2D eigenvalue weighted by Gasteiger charge is -2.40. The third-order valence-electron chi connectivity index (χ3n) is 6.09. The number of benzene rings is 3. The fourth-order valence-electron chi connectivity index (χ4n) is 4.45. The Morgan fingerprint density at radius 1 is 1.03 bits per heavy atom. The van der Waals surface area contributed by atoms with Crippen LogP contribution < -0.4 is 9.04 Å². The highest BCUT2D eigenvalue weighted by Gasteiger charge is 2.51. The fourth-order valence-corrected chi connectivity index (χ4v) is 5.83. The summed E-state index contributed by atoms with van der Waals surface area (Å²) in [6.07, 6.45) is -5.71. The van der Waals surface area contributed by atoms with Gasteiger partial charge in [-0.3, -0.25) is 4.55 Å². The molecule has 0 aliphatic carbocycles. The van der Waals surface area contributed by atoms with Crippen molar-refractivity contribution in [1.29, 1.82) is 0 Å². The molecule has 0 radical (unpaired) electrons. The minimum absolute atomic E-state index is 0.0218. The number of alkyl halides is 3. The van der Waals surface area contributed by atoms with Crippen molar-refractivity contribution in [3.63, 3.8) is 0 Å². The molecule has 39 heavy (non-hydrogen) atoms. The molecule has 0 spiro atoms. The van der Waals surface area contributed by atoms with E-state index in [0.29, 0.717) is 4.31 Å². The quantitative estimate of drug-likeness (QED) is 0.312. The van der Waals surface area contributed by atoms with E-state index in [4.69, 9.17) is 27.9 Å².